The summed E-state index contributed by atoms with van der Waals surface area (Å²) >= 11 is 5.89. The van der Waals surface area contributed by atoms with E-state index in [1.165, 1.54) is 6.42 Å². The molecule has 1 saturated heterocycles. The SMILES string of the molecule is OCC1CCCN(CCOc2cccc(Cl)c2)C1. The minimum atomic E-state index is 0.297. The Kier molecular flexibility index (Phi) is 5.29. The second kappa shape index (κ2) is 6.98. The molecule has 3 nitrogen and oxygen atoms in total. The van der Waals surface area contributed by atoms with Crippen molar-refractivity contribution in [1.82, 2.24) is 4.90 Å². The fraction of sp³-hybridized carbons (Fsp3) is 0.571. The lowest BCUT2D eigenvalue weighted by Crippen LogP contribution is -2.39. The van der Waals surface area contributed by atoms with Crippen molar-refractivity contribution in [3.63, 3.8) is 0 Å². The van der Waals surface area contributed by atoms with Crippen LogP contribution in [0.2, 0.25) is 5.02 Å². The largest absolute Gasteiger partial charge is 0.492 e. The molecule has 0 aliphatic carbocycles. The van der Waals surface area contributed by atoms with Gasteiger partial charge in [-0.25, -0.2) is 0 Å². The van der Waals surface area contributed by atoms with Crippen LogP contribution in [-0.2, 0) is 0 Å². The topological polar surface area (TPSA) is 32.7 Å². The van der Waals surface area contributed by atoms with E-state index in [-0.39, 0.29) is 0 Å². The van der Waals surface area contributed by atoms with Crippen molar-refractivity contribution in [3.8, 4) is 5.75 Å². The van der Waals surface area contributed by atoms with Crippen LogP contribution in [0, 0.1) is 5.92 Å². The smallest absolute Gasteiger partial charge is 0.120 e. The highest BCUT2D eigenvalue weighted by molar-refractivity contribution is 6.30. The van der Waals surface area contributed by atoms with Gasteiger partial charge in [0.15, 0.2) is 0 Å². The highest BCUT2D eigenvalue weighted by Gasteiger charge is 2.18. The molecule has 0 aromatic heterocycles. The Morgan fingerprint density at radius 3 is 3.11 bits per heavy atom. The van der Waals surface area contributed by atoms with Crippen LogP contribution in [0.3, 0.4) is 0 Å². The summed E-state index contributed by atoms with van der Waals surface area (Å²) in [6.45, 7) is 3.96. The second-order valence-electron chi connectivity index (χ2n) is 4.80. The molecule has 1 unspecified atom stereocenters. The molecule has 1 aliphatic rings. The number of halogens is 1. The monoisotopic (exact) mass is 269 g/mol. The van der Waals surface area contributed by atoms with E-state index in [0.29, 0.717) is 24.2 Å². The Bertz CT molecular complexity index is 373. The maximum atomic E-state index is 9.17. The number of aliphatic hydroxyl groups is 1. The van der Waals surface area contributed by atoms with E-state index in [2.05, 4.69) is 4.90 Å². The third kappa shape index (κ3) is 4.16. The lowest BCUT2D eigenvalue weighted by atomic mass is 9.99. The fourth-order valence-corrected chi connectivity index (χ4v) is 2.53. The Hall–Kier alpha value is -0.770. The predicted octanol–water partition coefficient (Wildman–Crippen LogP) is 2.42. The molecule has 1 aliphatic heterocycles. The molecule has 1 N–H and O–H groups in total. The first-order valence-electron chi connectivity index (χ1n) is 6.49. The van der Waals surface area contributed by atoms with Gasteiger partial charge in [0.25, 0.3) is 0 Å². The number of aliphatic hydroxyl groups excluding tert-OH is 1. The van der Waals surface area contributed by atoms with E-state index in [0.717, 1.165) is 31.8 Å². The molecule has 0 amide bonds. The molecule has 0 radical (unpaired) electrons. The molecule has 1 fully saturated rings. The van der Waals surface area contributed by atoms with Crippen molar-refractivity contribution in [3.05, 3.63) is 29.3 Å². The molecule has 1 atom stereocenters. The Morgan fingerprint density at radius 1 is 1.44 bits per heavy atom. The van der Waals surface area contributed by atoms with Gasteiger partial charge in [-0.3, -0.25) is 4.90 Å². The number of hydrogen-bond acceptors (Lipinski definition) is 3. The average Bonchev–Trinajstić information content (AvgIpc) is 2.39. The van der Waals surface area contributed by atoms with E-state index in [4.69, 9.17) is 16.3 Å². The Labute approximate surface area is 113 Å². The van der Waals surface area contributed by atoms with Crippen LogP contribution in [0.4, 0.5) is 0 Å². The van der Waals surface area contributed by atoms with Gasteiger partial charge in [-0.05, 0) is 43.5 Å². The van der Waals surface area contributed by atoms with Crippen molar-refractivity contribution in [2.75, 3.05) is 32.8 Å². The molecule has 100 valence electrons. The van der Waals surface area contributed by atoms with Gasteiger partial charge < -0.3 is 9.84 Å². The van der Waals surface area contributed by atoms with Crippen molar-refractivity contribution < 1.29 is 9.84 Å². The Balaban J connectivity index is 1.72. The maximum absolute atomic E-state index is 9.17. The number of ether oxygens (including phenoxy) is 1. The third-order valence-electron chi connectivity index (χ3n) is 3.33. The molecular weight excluding hydrogens is 250 g/mol. The van der Waals surface area contributed by atoms with Gasteiger partial charge in [0, 0.05) is 24.7 Å². The van der Waals surface area contributed by atoms with E-state index >= 15 is 0 Å². The summed E-state index contributed by atoms with van der Waals surface area (Å²) in [5, 5.41) is 9.87. The van der Waals surface area contributed by atoms with Crippen molar-refractivity contribution in [2.45, 2.75) is 12.8 Å². The predicted molar refractivity (Wildman–Crippen MR) is 73.2 cm³/mol. The third-order valence-corrected chi connectivity index (χ3v) is 3.57. The standard InChI is InChI=1S/C14H20ClNO2/c15-13-4-1-5-14(9-13)18-8-7-16-6-2-3-12(10-16)11-17/h1,4-5,9,12,17H,2-3,6-8,10-11H2. The second-order valence-corrected chi connectivity index (χ2v) is 5.23. The normalized spacial score (nSPS) is 20.9. The fourth-order valence-electron chi connectivity index (χ4n) is 2.35. The first kappa shape index (κ1) is 13.7. The van der Waals surface area contributed by atoms with Crippen LogP contribution < -0.4 is 4.74 Å². The van der Waals surface area contributed by atoms with E-state index in [1.807, 2.05) is 24.3 Å². The minimum Gasteiger partial charge on any atom is -0.492 e. The molecule has 1 heterocycles. The summed E-state index contributed by atoms with van der Waals surface area (Å²) in [6.07, 6.45) is 2.31. The van der Waals surface area contributed by atoms with Gasteiger partial charge >= 0.3 is 0 Å². The van der Waals surface area contributed by atoms with Gasteiger partial charge in [-0.1, -0.05) is 17.7 Å². The molecular formula is C14H20ClNO2. The van der Waals surface area contributed by atoms with Gasteiger partial charge in [0.2, 0.25) is 0 Å². The molecule has 0 bridgehead atoms. The number of rotatable bonds is 5. The summed E-state index contributed by atoms with van der Waals surface area (Å²) in [6, 6.07) is 7.47. The summed E-state index contributed by atoms with van der Waals surface area (Å²) in [5.41, 5.74) is 0. The van der Waals surface area contributed by atoms with Crippen LogP contribution in [-0.4, -0.2) is 42.9 Å². The lowest BCUT2D eigenvalue weighted by Gasteiger charge is -2.31. The summed E-state index contributed by atoms with van der Waals surface area (Å²) in [7, 11) is 0. The number of nitrogens with zero attached hydrogens (tertiary/aromatic N) is 1. The summed E-state index contributed by atoms with van der Waals surface area (Å²) < 4.78 is 5.67. The number of hydrogen-bond donors (Lipinski definition) is 1. The van der Waals surface area contributed by atoms with E-state index in [1.54, 1.807) is 0 Å². The number of likely N-dealkylation sites (tertiary alicyclic amines) is 1. The van der Waals surface area contributed by atoms with Crippen LogP contribution in [0.25, 0.3) is 0 Å². The zero-order chi connectivity index (χ0) is 12.8. The van der Waals surface area contributed by atoms with Crippen LogP contribution in [0.1, 0.15) is 12.8 Å². The molecule has 0 spiro atoms. The number of piperidine rings is 1. The first-order chi connectivity index (χ1) is 8.78. The van der Waals surface area contributed by atoms with Gasteiger partial charge in [0.05, 0.1) is 0 Å². The van der Waals surface area contributed by atoms with Crippen molar-refractivity contribution in [2.24, 2.45) is 5.92 Å². The van der Waals surface area contributed by atoms with E-state index in [9.17, 15) is 5.11 Å². The average molecular weight is 270 g/mol. The highest BCUT2D eigenvalue weighted by atomic mass is 35.5. The van der Waals surface area contributed by atoms with E-state index < -0.39 is 0 Å². The van der Waals surface area contributed by atoms with Crippen molar-refractivity contribution >= 4 is 11.6 Å². The summed E-state index contributed by atoms with van der Waals surface area (Å²) in [4.78, 5) is 2.36. The zero-order valence-corrected chi connectivity index (χ0v) is 11.3. The van der Waals surface area contributed by atoms with Crippen LogP contribution in [0.15, 0.2) is 24.3 Å². The lowest BCUT2D eigenvalue weighted by molar-refractivity contribution is 0.107. The highest BCUT2D eigenvalue weighted by Crippen LogP contribution is 2.18. The Morgan fingerprint density at radius 2 is 2.33 bits per heavy atom. The molecule has 4 heteroatoms. The first-order valence-corrected chi connectivity index (χ1v) is 6.87. The van der Waals surface area contributed by atoms with Crippen molar-refractivity contribution in [1.29, 1.82) is 0 Å². The molecule has 0 saturated carbocycles. The molecule has 18 heavy (non-hydrogen) atoms. The van der Waals surface area contributed by atoms with Crippen LogP contribution >= 0.6 is 11.6 Å². The van der Waals surface area contributed by atoms with Gasteiger partial charge in [-0.15, -0.1) is 0 Å². The molecule has 1 aromatic rings. The maximum Gasteiger partial charge on any atom is 0.120 e. The summed E-state index contributed by atoms with van der Waals surface area (Å²) in [5.74, 6) is 1.25. The number of benzene rings is 1. The van der Waals surface area contributed by atoms with Gasteiger partial charge in [-0.2, -0.15) is 0 Å². The molecule has 2 rings (SSSR count). The molecule has 1 aromatic carbocycles. The van der Waals surface area contributed by atoms with Crippen LogP contribution in [0.5, 0.6) is 5.75 Å². The van der Waals surface area contributed by atoms with Gasteiger partial charge in [0.1, 0.15) is 12.4 Å². The quantitative estimate of drug-likeness (QED) is 0.891. The zero-order valence-electron chi connectivity index (χ0n) is 10.5. The minimum absolute atomic E-state index is 0.297.